The van der Waals surface area contributed by atoms with Crippen molar-refractivity contribution in [3.8, 4) is 0 Å². The van der Waals surface area contributed by atoms with Crippen molar-refractivity contribution in [3.63, 3.8) is 0 Å². The smallest absolute Gasteiger partial charge is 0.133 e. The number of ketones is 1. The number of aliphatic hydroxyl groups excluding tert-OH is 1. The van der Waals surface area contributed by atoms with Crippen LogP contribution in [0.15, 0.2) is 29.2 Å². The minimum atomic E-state index is 0.0561. The molecular weight excluding hydrogens is 336 g/mol. The van der Waals surface area contributed by atoms with Crippen molar-refractivity contribution in [1.82, 2.24) is 0 Å². The second kappa shape index (κ2) is 11.2. The molecular formula is C20H32O2S2. The molecule has 1 rings (SSSR count). The number of benzene rings is 1. The van der Waals surface area contributed by atoms with Gasteiger partial charge in [-0.1, -0.05) is 66.5 Å². The Kier molecular flexibility index (Phi) is 10.1. The number of Topliss-reactive ketones (excluding diaryl/α,β-unsaturated/α-hetero) is 1. The van der Waals surface area contributed by atoms with Crippen LogP contribution >= 0.6 is 21.6 Å². The van der Waals surface area contributed by atoms with E-state index in [0.717, 1.165) is 25.7 Å². The molecule has 0 heterocycles. The molecule has 1 aromatic rings. The SMILES string of the molecule is CCC(CC)CC(=O)CCC(C)(C)SSc1ccccc1CCO. The van der Waals surface area contributed by atoms with Gasteiger partial charge < -0.3 is 5.11 Å². The normalized spacial score (nSPS) is 11.9. The first-order valence-corrected chi connectivity index (χ1v) is 11.1. The van der Waals surface area contributed by atoms with Crippen molar-refractivity contribution in [2.45, 2.75) is 75.9 Å². The summed E-state index contributed by atoms with van der Waals surface area (Å²) in [6.45, 7) is 8.94. The molecule has 2 nitrogen and oxygen atoms in total. The van der Waals surface area contributed by atoms with Gasteiger partial charge in [0.05, 0.1) is 0 Å². The zero-order valence-electron chi connectivity index (χ0n) is 15.5. The molecule has 0 amide bonds. The van der Waals surface area contributed by atoms with Crippen molar-refractivity contribution in [3.05, 3.63) is 29.8 Å². The standard InChI is InChI=1S/C20H32O2S2/c1-5-16(6-2)15-18(22)11-13-20(3,4)24-23-19-10-8-7-9-17(19)12-14-21/h7-10,16,21H,5-6,11-15H2,1-4H3. The van der Waals surface area contributed by atoms with Crippen LogP contribution in [0.4, 0.5) is 0 Å². The lowest BCUT2D eigenvalue weighted by molar-refractivity contribution is -0.120. The number of aliphatic hydroxyl groups is 1. The number of hydrogen-bond donors (Lipinski definition) is 1. The molecule has 0 aromatic heterocycles. The lowest BCUT2D eigenvalue weighted by Gasteiger charge is -2.23. The van der Waals surface area contributed by atoms with E-state index in [4.69, 9.17) is 0 Å². The van der Waals surface area contributed by atoms with E-state index in [0.29, 0.717) is 24.5 Å². The van der Waals surface area contributed by atoms with E-state index in [1.54, 1.807) is 10.8 Å². The predicted molar refractivity (Wildman–Crippen MR) is 108 cm³/mol. The van der Waals surface area contributed by atoms with Gasteiger partial charge in [0.2, 0.25) is 0 Å². The van der Waals surface area contributed by atoms with Crippen LogP contribution in [-0.2, 0) is 11.2 Å². The van der Waals surface area contributed by atoms with E-state index in [-0.39, 0.29) is 11.4 Å². The van der Waals surface area contributed by atoms with Crippen molar-refractivity contribution < 1.29 is 9.90 Å². The van der Waals surface area contributed by atoms with Crippen LogP contribution in [0.3, 0.4) is 0 Å². The van der Waals surface area contributed by atoms with Crippen LogP contribution in [0, 0.1) is 5.92 Å². The molecule has 4 heteroatoms. The molecule has 0 aliphatic heterocycles. The quantitative estimate of drug-likeness (QED) is 0.465. The number of carbonyl (C=O) groups excluding carboxylic acids is 1. The van der Waals surface area contributed by atoms with Gasteiger partial charge in [0, 0.05) is 29.1 Å². The Hall–Kier alpha value is -0.450. The molecule has 1 N–H and O–H groups in total. The third-order valence-electron chi connectivity index (χ3n) is 4.39. The molecule has 136 valence electrons. The van der Waals surface area contributed by atoms with Crippen LogP contribution < -0.4 is 0 Å². The summed E-state index contributed by atoms with van der Waals surface area (Å²) in [5.41, 5.74) is 1.19. The number of rotatable bonds is 12. The van der Waals surface area contributed by atoms with Gasteiger partial charge in [-0.2, -0.15) is 0 Å². The first-order valence-electron chi connectivity index (χ1n) is 8.98. The Balaban J connectivity index is 2.48. The maximum absolute atomic E-state index is 12.2. The van der Waals surface area contributed by atoms with E-state index < -0.39 is 0 Å². The molecule has 0 radical (unpaired) electrons. The lowest BCUT2D eigenvalue weighted by atomic mass is 9.94. The van der Waals surface area contributed by atoms with Crippen LogP contribution in [0.5, 0.6) is 0 Å². The monoisotopic (exact) mass is 368 g/mol. The molecule has 0 aliphatic carbocycles. The topological polar surface area (TPSA) is 37.3 Å². The minimum absolute atomic E-state index is 0.0561. The first-order chi connectivity index (χ1) is 11.4. The highest BCUT2D eigenvalue weighted by Crippen LogP contribution is 2.44. The molecule has 24 heavy (non-hydrogen) atoms. The highest BCUT2D eigenvalue weighted by Gasteiger charge is 2.22. The van der Waals surface area contributed by atoms with Crippen LogP contribution in [-0.4, -0.2) is 22.2 Å². The average molecular weight is 369 g/mol. The van der Waals surface area contributed by atoms with E-state index in [1.165, 1.54) is 10.5 Å². The van der Waals surface area contributed by atoms with Gasteiger partial charge in [0.1, 0.15) is 5.78 Å². The summed E-state index contributed by atoms with van der Waals surface area (Å²) in [7, 11) is 3.59. The van der Waals surface area contributed by atoms with E-state index in [9.17, 15) is 9.90 Å². The number of hydrogen-bond acceptors (Lipinski definition) is 4. The summed E-state index contributed by atoms with van der Waals surface area (Å²) in [4.78, 5) is 13.4. The zero-order chi connectivity index (χ0) is 18.0. The second-order valence-corrected chi connectivity index (χ2v) is 9.81. The third-order valence-corrected chi connectivity index (χ3v) is 7.85. The molecule has 1 aromatic carbocycles. The highest BCUT2D eigenvalue weighted by atomic mass is 33.1. The van der Waals surface area contributed by atoms with Gasteiger partial charge in [0.25, 0.3) is 0 Å². The van der Waals surface area contributed by atoms with Gasteiger partial charge in [-0.15, -0.1) is 0 Å². The third kappa shape index (κ3) is 8.09. The molecule has 0 aliphatic rings. The molecule has 0 saturated carbocycles. The fraction of sp³-hybridized carbons (Fsp3) is 0.650. The molecule has 0 atom stereocenters. The van der Waals surface area contributed by atoms with E-state index in [2.05, 4.69) is 39.8 Å². The fourth-order valence-electron chi connectivity index (χ4n) is 2.55. The summed E-state index contributed by atoms with van der Waals surface area (Å²) < 4.78 is 0.0561. The maximum atomic E-state index is 12.2. The summed E-state index contributed by atoms with van der Waals surface area (Å²) in [6, 6.07) is 8.24. The highest BCUT2D eigenvalue weighted by molar-refractivity contribution is 8.77. The van der Waals surface area contributed by atoms with Crippen LogP contribution in [0.1, 0.15) is 65.4 Å². The van der Waals surface area contributed by atoms with Crippen molar-refractivity contribution in [1.29, 1.82) is 0 Å². The number of carbonyl (C=O) groups is 1. The van der Waals surface area contributed by atoms with E-state index in [1.807, 2.05) is 22.9 Å². The predicted octanol–water partition coefficient (Wildman–Crippen LogP) is 5.92. The molecule has 0 unspecified atom stereocenters. The molecule has 0 fully saturated rings. The average Bonchev–Trinajstić information content (AvgIpc) is 2.57. The van der Waals surface area contributed by atoms with E-state index >= 15 is 0 Å². The maximum Gasteiger partial charge on any atom is 0.133 e. The Morgan fingerprint density at radius 3 is 2.50 bits per heavy atom. The Morgan fingerprint density at radius 1 is 1.21 bits per heavy atom. The Morgan fingerprint density at radius 2 is 1.88 bits per heavy atom. The molecule has 0 bridgehead atoms. The van der Waals surface area contributed by atoms with Gasteiger partial charge in [-0.3, -0.25) is 4.79 Å². The van der Waals surface area contributed by atoms with Gasteiger partial charge in [-0.05, 0) is 44.2 Å². The second-order valence-electron chi connectivity index (χ2n) is 6.93. The summed E-state index contributed by atoms with van der Waals surface area (Å²) in [5.74, 6) is 0.955. The summed E-state index contributed by atoms with van der Waals surface area (Å²) >= 11 is 0. The first kappa shape index (κ1) is 21.6. The van der Waals surface area contributed by atoms with Crippen LogP contribution in [0.2, 0.25) is 0 Å². The van der Waals surface area contributed by atoms with Crippen molar-refractivity contribution >= 4 is 27.4 Å². The van der Waals surface area contributed by atoms with Gasteiger partial charge in [-0.25, -0.2) is 0 Å². The van der Waals surface area contributed by atoms with Crippen molar-refractivity contribution in [2.75, 3.05) is 6.61 Å². The molecule has 0 saturated heterocycles. The zero-order valence-corrected chi connectivity index (χ0v) is 17.1. The minimum Gasteiger partial charge on any atom is -0.396 e. The summed E-state index contributed by atoms with van der Waals surface area (Å²) in [6.07, 6.45) is 5.20. The van der Waals surface area contributed by atoms with Gasteiger partial charge in [0.15, 0.2) is 0 Å². The largest absolute Gasteiger partial charge is 0.396 e. The Bertz CT molecular complexity index is 496. The summed E-state index contributed by atoms with van der Waals surface area (Å²) in [5, 5.41) is 9.18. The molecule has 0 spiro atoms. The Labute approximate surface area is 155 Å². The van der Waals surface area contributed by atoms with Crippen molar-refractivity contribution in [2.24, 2.45) is 5.92 Å². The lowest BCUT2D eigenvalue weighted by Crippen LogP contribution is -2.16. The van der Waals surface area contributed by atoms with Gasteiger partial charge >= 0.3 is 0 Å². The fourth-order valence-corrected chi connectivity index (χ4v) is 5.15. The van der Waals surface area contributed by atoms with Crippen LogP contribution in [0.25, 0.3) is 0 Å².